The molecule has 4 nitrogen and oxygen atoms in total. The van der Waals surface area contributed by atoms with Gasteiger partial charge in [-0.3, -0.25) is 0 Å². The number of hydrogen-bond donors (Lipinski definition) is 1. The molecule has 3 rings (SSSR count). The van der Waals surface area contributed by atoms with Crippen LogP contribution in [0.5, 0.6) is 0 Å². The first kappa shape index (κ1) is 11.1. The molecule has 1 N–H and O–H groups in total. The quantitative estimate of drug-likeness (QED) is 0.868. The van der Waals surface area contributed by atoms with E-state index in [4.69, 9.17) is 4.52 Å². The minimum atomic E-state index is 0.442. The van der Waals surface area contributed by atoms with E-state index in [0.29, 0.717) is 17.3 Å². The summed E-state index contributed by atoms with van der Waals surface area (Å²) < 4.78 is 5.46. The Morgan fingerprint density at radius 1 is 1.35 bits per heavy atom. The Morgan fingerprint density at radius 3 is 2.59 bits per heavy atom. The van der Waals surface area contributed by atoms with Gasteiger partial charge >= 0.3 is 0 Å². The van der Waals surface area contributed by atoms with Gasteiger partial charge < -0.3 is 14.7 Å². The van der Waals surface area contributed by atoms with Gasteiger partial charge in [0.25, 0.3) is 0 Å². The molecule has 2 fully saturated rings. The second-order valence-corrected chi connectivity index (χ2v) is 6.08. The number of anilines is 1. The van der Waals surface area contributed by atoms with Crippen molar-refractivity contribution in [3.8, 4) is 0 Å². The number of nitrogens with one attached hydrogen (secondary N) is 1. The minimum absolute atomic E-state index is 0.442. The van der Waals surface area contributed by atoms with E-state index in [2.05, 4.69) is 42.2 Å². The molecule has 17 heavy (non-hydrogen) atoms. The van der Waals surface area contributed by atoms with Crippen LogP contribution in [0.25, 0.3) is 0 Å². The summed E-state index contributed by atoms with van der Waals surface area (Å²) in [7, 11) is 0. The SMILES string of the molecule is CC(C)C(C)c1cc(N2CC3(CNC3)C2)no1. The zero-order valence-electron chi connectivity index (χ0n) is 10.9. The van der Waals surface area contributed by atoms with Crippen LogP contribution in [0.3, 0.4) is 0 Å². The smallest absolute Gasteiger partial charge is 0.172 e. The Kier molecular flexibility index (Phi) is 2.43. The van der Waals surface area contributed by atoms with E-state index in [1.807, 2.05) is 0 Å². The second kappa shape index (κ2) is 3.73. The number of aromatic nitrogens is 1. The third kappa shape index (κ3) is 1.75. The first-order valence-electron chi connectivity index (χ1n) is 6.52. The van der Waals surface area contributed by atoms with Gasteiger partial charge in [0.15, 0.2) is 5.82 Å². The third-order valence-electron chi connectivity index (χ3n) is 4.34. The molecule has 1 spiro atoms. The number of rotatable bonds is 3. The van der Waals surface area contributed by atoms with Crippen molar-refractivity contribution in [3.63, 3.8) is 0 Å². The fraction of sp³-hybridized carbons (Fsp3) is 0.769. The molecule has 0 bridgehead atoms. The molecule has 0 saturated carbocycles. The lowest BCUT2D eigenvalue weighted by Crippen LogP contribution is -2.71. The van der Waals surface area contributed by atoms with Crippen LogP contribution < -0.4 is 10.2 Å². The van der Waals surface area contributed by atoms with Crippen LogP contribution >= 0.6 is 0 Å². The van der Waals surface area contributed by atoms with E-state index in [0.717, 1.165) is 37.8 Å². The zero-order valence-corrected chi connectivity index (χ0v) is 10.9. The standard InChI is InChI=1S/C13H21N3O/c1-9(2)10(3)11-4-12(15-17-11)16-7-13(8-16)5-14-6-13/h4,9-10,14H,5-8H2,1-3H3. The first-order valence-corrected chi connectivity index (χ1v) is 6.52. The van der Waals surface area contributed by atoms with Crippen molar-refractivity contribution < 1.29 is 4.52 Å². The molecule has 0 radical (unpaired) electrons. The van der Waals surface area contributed by atoms with E-state index < -0.39 is 0 Å². The van der Waals surface area contributed by atoms with Gasteiger partial charge in [0.1, 0.15) is 5.76 Å². The highest BCUT2D eigenvalue weighted by molar-refractivity contribution is 5.44. The molecule has 0 aromatic carbocycles. The van der Waals surface area contributed by atoms with Crippen LogP contribution in [0.15, 0.2) is 10.6 Å². The summed E-state index contributed by atoms with van der Waals surface area (Å²) >= 11 is 0. The molecule has 0 aliphatic carbocycles. The van der Waals surface area contributed by atoms with Crippen LogP contribution in [0.4, 0.5) is 5.82 Å². The second-order valence-electron chi connectivity index (χ2n) is 6.08. The summed E-state index contributed by atoms with van der Waals surface area (Å²) in [5.74, 6) is 3.07. The summed E-state index contributed by atoms with van der Waals surface area (Å²) in [5, 5.41) is 7.54. The maximum absolute atomic E-state index is 5.46. The van der Waals surface area contributed by atoms with Crippen molar-refractivity contribution in [2.45, 2.75) is 26.7 Å². The van der Waals surface area contributed by atoms with Crippen molar-refractivity contribution in [2.75, 3.05) is 31.1 Å². The van der Waals surface area contributed by atoms with E-state index in [9.17, 15) is 0 Å². The molecule has 1 aromatic rings. The fourth-order valence-corrected chi connectivity index (χ4v) is 2.60. The predicted octanol–water partition coefficient (Wildman–Crippen LogP) is 1.84. The predicted molar refractivity (Wildman–Crippen MR) is 67.3 cm³/mol. The summed E-state index contributed by atoms with van der Waals surface area (Å²) in [6.07, 6.45) is 0. The summed E-state index contributed by atoms with van der Waals surface area (Å²) in [5.41, 5.74) is 0.544. The lowest BCUT2D eigenvalue weighted by atomic mass is 9.74. The summed E-state index contributed by atoms with van der Waals surface area (Å²) in [6, 6.07) is 2.11. The Labute approximate surface area is 102 Å². The first-order chi connectivity index (χ1) is 8.10. The molecule has 2 aliphatic heterocycles. The van der Waals surface area contributed by atoms with Gasteiger partial charge in [0.05, 0.1) is 0 Å². The molecule has 94 valence electrons. The Bertz CT molecular complexity index is 401. The third-order valence-corrected chi connectivity index (χ3v) is 4.34. The van der Waals surface area contributed by atoms with Crippen LogP contribution in [-0.2, 0) is 0 Å². The highest BCUT2D eigenvalue weighted by atomic mass is 16.5. The summed E-state index contributed by atoms with van der Waals surface area (Å²) in [6.45, 7) is 11.2. The van der Waals surface area contributed by atoms with Crippen LogP contribution in [0.1, 0.15) is 32.4 Å². The van der Waals surface area contributed by atoms with Gasteiger partial charge in [0.2, 0.25) is 0 Å². The van der Waals surface area contributed by atoms with E-state index in [1.165, 1.54) is 0 Å². The van der Waals surface area contributed by atoms with Gasteiger partial charge in [-0.2, -0.15) is 0 Å². The molecule has 2 saturated heterocycles. The van der Waals surface area contributed by atoms with E-state index in [-0.39, 0.29) is 0 Å². The van der Waals surface area contributed by atoms with Crippen molar-refractivity contribution in [2.24, 2.45) is 11.3 Å². The van der Waals surface area contributed by atoms with Gasteiger partial charge in [-0.15, -0.1) is 0 Å². The molecule has 3 heterocycles. The molecule has 0 amide bonds. The topological polar surface area (TPSA) is 41.3 Å². The van der Waals surface area contributed by atoms with E-state index >= 15 is 0 Å². The lowest BCUT2D eigenvalue weighted by molar-refractivity contribution is 0.119. The minimum Gasteiger partial charge on any atom is -0.359 e. The van der Waals surface area contributed by atoms with Crippen LogP contribution in [0.2, 0.25) is 0 Å². The van der Waals surface area contributed by atoms with Gasteiger partial charge in [-0.1, -0.05) is 25.9 Å². The van der Waals surface area contributed by atoms with Crippen molar-refractivity contribution >= 4 is 5.82 Å². The summed E-state index contributed by atoms with van der Waals surface area (Å²) in [4.78, 5) is 2.32. The highest BCUT2D eigenvalue weighted by Crippen LogP contribution is 2.38. The molecule has 4 heteroatoms. The van der Waals surface area contributed by atoms with Crippen LogP contribution in [-0.4, -0.2) is 31.3 Å². The largest absolute Gasteiger partial charge is 0.359 e. The van der Waals surface area contributed by atoms with Crippen molar-refractivity contribution in [3.05, 3.63) is 11.8 Å². The molecule has 1 aromatic heterocycles. The number of hydrogen-bond acceptors (Lipinski definition) is 4. The number of nitrogens with zero attached hydrogens (tertiary/aromatic N) is 2. The maximum Gasteiger partial charge on any atom is 0.172 e. The highest BCUT2D eigenvalue weighted by Gasteiger charge is 2.48. The lowest BCUT2D eigenvalue weighted by Gasteiger charge is -2.56. The molecule has 1 atom stereocenters. The van der Waals surface area contributed by atoms with Gasteiger partial charge in [-0.25, -0.2) is 0 Å². The van der Waals surface area contributed by atoms with Gasteiger partial charge in [-0.05, 0) is 5.92 Å². The zero-order chi connectivity index (χ0) is 12.0. The normalized spacial score (nSPS) is 23.6. The van der Waals surface area contributed by atoms with Crippen molar-refractivity contribution in [1.29, 1.82) is 0 Å². The average Bonchev–Trinajstić information content (AvgIpc) is 2.61. The Morgan fingerprint density at radius 2 is 2.06 bits per heavy atom. The fourth-order valence-electron chi connectivity index (χ4n) is 2.60. The molecular weight excluding hydrogens is 214 g/mol. The average molecular weight is 235 g/mol. The van der Waals surface area contributed by atoms with Gasteiger partial charge in [0, 0.05) is 43.6 Å². The molecular formula is C13H21N3O. The monoisotopic (exact) mass is 235 g/mol. The van der Waals surface area contributed by atoms with E-state index in [1.54, 1.807) is 0 Å². The Balaban J connectivity index is 1.65. The van der Waals surface area contributed by atoms with Crippen molar-refractivity contribution in [1.82, 2.24) is 10.5 Å². The van der Waals surface area contributed by atoms with Crippen LogP contribution in [0, 0.1) is 11.3 Å². The molecule has 1 unspecified atom stereocenters. The Hall–Kier alpha value is -1.03. The molecule has 2 aliphatic rings. The maximum atomic E-state index is 5.46.